The molecule has 2 aromatic carbocycles. The van der Waals surface area contributed by atoms with Crippen LogP contribution in [0.4, 0.5) is 5.69 Å². The van der Waals surface area contributed by atoms with Crippen molar-refractivity contribution in [2.75, 3.05) is 5.75 Å². The van der Waals surface area contributed by atoms with Crippen molar-refractivity contribution >= 4 is 40.3 Å². The summed E-state index contributed by atoms with van der Waals surface area (Å²) in [5.74, 6) is -0.971. The molecule has 3 aromatic rings. The van der Waals surface area contributed by atoms with Crippen LogP contribution in [0, 0.1) is 10.1 Å². The van der Waals surface area contributed by atoms with Crippen LogP contribution in [0.3, 0.4) is 0 Å². The average Bonchev–Trinajstić information content (AvgIpc) is 3.16. The molecule has 0 spiro atoms. The summed E-state index contributed by atoms with van der Waals surface area (Å²) in [6.07, 6.45) is 4.51. The number of aromatic nitrogens is 2. The van der Waals surface area contributed by atoms with E-state index in [2.05, 4.69) is 27.3 Å². The normalized spacial score (nSPS) is 10.8. The first-order valence-electron chi connectivity index (χ1n) is 10.4. The molecule has 2 amide bonds. The lowest BCUT2D eigenvalue weighted by Crippen LogP contribution is -2.42. The van der Waals surface area contributed by atoms with Gasteiger partial charge in [0.25, 0.3) is 11.6 Å². The molecule has 0 saturated carbocycles. The number of aryl methyl sites for hydroxylation is 1. The maximum Gasteiger partial charge on any atom is 0.270 e. The zero-order chi connectivity index (χ0) is 22.9. The number of nitrogens with zero attached hydrogens (tertiary/aromatic N) is 3. The third kappa shape index (κ3) is 6.07. The summed E-state index contributed by atoms with van der Waals surface area (Å²) in [5.41, 5.74) is 6.44. The van der Waals surface area contributed by atoms with Gasteiger partial charge < -0.3 is 4.57 Å². The molecule has 1 aromatic heterocycles. The van der Waals surface area contributed by atoms with E-state index < -0.39 is 16.7 Å². The van der Waals surface area contributed by atoms with Crippen molar-refractivity contribution in [3.63, 3.8) is 0 Å². The minimum Gasteiger partial charge on any atom is -0.319 e. The first-order valence-corrected chi connectivity index (χ1v) is 11.4. The van der Waals surface area contributed by atoms with E-state index in [4.69, 9.17) is 0 Å². The molecule has 1 heterocycles. The van der Waals surface area contributed by atoms with E-state index in [1.165, 1.54) is 36.4 Å². The summed E-state index contributed by atoms with van der Waals surface area (Å²) in [6, 6.07) is 13.2. The van der Waals surface area contributed by atoms with E-state index in [9.17, 15) is 19.7 Å². The lowest BCUT2D eigenvalue weighted by molar-refractivity contribution is -0.384. The van der Waals surface area contributed by atoms with Crippen LogP contribution in [-0.2, 0) is 11.3 Å². The number of nitro groups is 1. The molecule has 0 aliphatic heterocycles. The summed E-state index contributed by atoms with van der Waals surface area (Å²) in [6.45, 7) is 3.00. The molecular formula is C22H25N5O4S. The Labute approximate surface area is 189 Å². The Bertz CT molecular complexity index is 1110. The van der Waals surface area contributed by atoms with Crippen molar-refractivity contribution < 1.29 is 14.5 Å². The van der Waals surface area contributed by atoms with Crippen molar-refractivity contribution in [2.24, 2.45) is 0 Å². The minimum atomic E-state index is -0.629. The van der Waals surface area contributed by atoms with Gasteiger partial charge in [0.15, 0.2) is 5.16 Å². The molecule has 32 heavy (non-hydrogen) atoms. The molecule has 168 valence electrons. The van der Waals surface area contributed by atoms with E-state index in [0.29, 0.717) is 0 Å². The van der Waals surface area contributed by atoms with Gasteiger partial charge in [0.1, 0.15) is 0 Å². The van der Waals surface area contributed by atoms with Crippen molar-refractivity contribution in [3.05, 3.63) is 64.2 Å². The lowest BCUT2D eigenvalue weighted by atomic mass is 10.2. The maximum atomic E-state index is 12.3. The van der Waals surface area contributed by atoms with Crippen LogP contribution >= 0.6 is 11.8 Å². The molecule has 0 atom stereocenters. The number of carbonyl (C=O) groups excluding carboxylic acids is 2. The number of imidazole rings is 1. The fraction of sp³-hybridized carbons (Fsp3) is 0.318. The van der Waals surface area contributed by atoms with Crippen LogP contribution in [-0.4, -0.2) is 32.0 Å². The number of para-hydroxylation sites is 2. The largest absolute Gasteiger partial charge is 0.319 e. The Balaban J connectivity index is 1.58. The van der Waals surface area contributed by atoms with Crippen LogP contribution in [0.15, 0.2) is 53.7 Å². The Kier molecular flexibility index (Phi) is 8.20. The minimum absolute atomic E-state index is 0.0630. The first kappa shape index (κ1) is 23.3. The van der Waals surface area contributed by atoms with Gasteiger partial charge in [0.05, 0.1) is 21.7 Å². The predicted molar refractivity (Wildman–Crippen MR) is 123 cm³/mol. The molecule has 0 fully saturated rings. The van der Waals surface area contributed by atoms with Gasteiger partial charge in [-0.05, 0) is 24.6 Å². The number of amides is 2. The SMILES string of the molecule is CCCCCCn1c(SCC(=O)NNC(=O)c2cccc([N+](=O)[O-])c2)nc2ccccc21. The summed E-state index contributed by atoms with van der Waals surface area (Å²) in [5, 5.41) is 11.6. The number of hydrogen-bond donors (Lipinski definition) is 2. The Morgan fingerprint density at radius 1 is 1.09 bits per heavy atom. The smallest absolute Gasteiger partial charge is 0.270 e. The number of carbonyl (C=O) groups is 2. The van der Waals surface area contributed by atoms with Crippen LogP contribution in [0.25, 0.3) is 11.0 Å². The molecule has 0 aliphatic carbocycles. The molecule has 0 saturated heterocycles. The zero-order valence-electron chi connectivity index (χ0n) is 17.7. The fourth-order valence-corrected chi connectivity index (χ4v) is 4.04. The standard InChI is InChI=1S/C22H25N5O4S/c1-2-3-4-7-13-26-19-12-6-5-11-18(19)23-22(26)32-15-20(28)24-25-21(29)16-9-8-10-17(14-16)27(30)31/h5-6,8-12,14H,2-4,7,13,15H2,1H3,(H,24,28)(H,25,29). The first-order chi connectivity index (χ1) is 15.5. The molecule has 0 aliphatic rings. The van der Waals surface area contributed by atoms with Gasteiger partial charge in [-0.2, -0.15) is 0 Å². The van der Waals surface area contributed by atoms with E-state index in [-0.39, 0.29) is 17.0 Å². The highest BCUT2D eigenvalue weighted by atomic mass is 32.2. The highest BCUT2D eigenvalue weighted by Gasteiger charge is 2.15. The molecule has 2 N–H and O–H groups in total. The second kappa shape index (κ2) is 11.3. The Hall–Kier alpha value is -3.40. The lowest BCUT2D eigenvalue weighted by Gasteiger charge is -2.10. The predicted octanol–water partition coefficient (Wildman–Crippen LogP) is 4.08. The van der Waals surface area contributed by atoms with E-state index >= 15 is 0 Å². The summed E-state index contributed by atoms with van der Waals surface area (Å²) in [4.78, 5) is 39.3. The van der Waals surface area contributed by atoms with Gasteiger partial charge in [-0.1, -0.05) is 56.1 Å². The van der Waals surface area contributed by atoms with E-state index in [0.717, 1.165) is 48.1 Å². The third-order valence-corrected chi connectivity index (χ3v) is 5.80. The van der Waals surface area contributed by atoms with Gasteiger partial charge in [0, 0.05) is 24.2 Å². The fourth-order valence-electron chi connectivity index (χ4n) is 3.20. The molecule has 9 nitrogen and oxygen atoms in total. The van der Waals surface area contributed by atoms with Crippen LogP contribution in [0.2, 0.25) is 0 Å². The number of fused-ring (bicyclic) bond motifs is 1. The summed E-state index contributed by atoms with van der Waals surface area (Å²) in [7, 11) is 0. The maximum absolute atomic E-state index is 12.3. The average molecular weight is 456 g/mol. The quantitative estimate of drug-likeness (QED) is 0.206. The Morgan fingerprint density at radius 2 is 1.91 bits per heavy atom. The number of hydrazine groups is 1. The number of nitrogens with one attached hydrogen (secondary N) is 2. The van der Waals surface area contributed by atoms with Crippen molar-refractivity contribution in [1.29, 1.82) is 0 Å². The van der Waals surface area contributed by atoms with E-state index in [1.54, 1.807) is 0 Å². The second-order valence-corrected chi connectivity index (χ2v) is 8.14. The molecular weight excluding hydrogens is 430 g/mol. The van der Waals surface area contributed by atoms with Crippen LogP contribution < -0.4 is 10.9 Å². The van der Waals surface area contributed by atoms with Gasteiger partial charge in [-0.15, -0.1) is 0 Å². The van der Waals surface area contributed by atoms with Crippen molar-refractivity contribution in [1.82, 2.24) is 20.4 Å². The van der Waals surface area contributed by atoms with Gasteiger partial charge in [-0.3, -0.25) is 30.6 Å². The van der Waals surface area contributed by atoms with Gasteiger partial charge >= 0.3 is 0 Å². The van der Waals surface area contributed by atoms with E-state index in [1.807, 2.05) is 24.3 Å². The van der Waals surface area contributed by atoms with Gasteiger partial charge in [0.2, 0.25) is 5.91 Å². The van der Waals surface area contributed by atoms with Crippen molar-refractivity contribution in [3.8, 4) is 0 Å². The highest BCUT2D eigenvalue weighted by molar-refractivity contribution is 7.99. The topological polar surface area (TPSA) is 119 Å². The molecule has 0 bridgehead atoms. The number of unbranched alkanes of at least 4 members (excludes halogenated alkanes) is 3. The third-order valence-electron chi connectivity index (χ3n) is 4.82. The molecule has 0 radical (unpaired) electrons. The Morgan fingerprint density at radius 3 is 2.69 bits per heavy atom. The zero-order valence-corrected chi connectivity index (χ0v) is 18.6. The highest BCUT2D eigenvalue weighted by Crippen LogP contribution is 2.24. The van der Waals surface area contributed by atoms with Crippen LogP contribution in [0.1, 0.15) is 43.0 Å². The summed E-state index contributed by atoms with van der Waals surface area (Å²) >= 11 is 1.30. The number of thioether (sulfide) groups is 1. The molecule has 10 heteroatoms. The second-order valence-electron chi connectivity index (χ2n) is 7.19. The number of nitro benzene ring substituents is 1. The number of hydrogen-bond acceptors (Lipinski definition) is 6. The number of non-ortho nitro benzene ring substituents is 1. The van der Waals surface area contributed by atoms with Crippen molar-refractivity contribution in [2.45, 2.75) is 44.3 Å². The number of rotatable bonds is 10. The van der Waals surface area contributed by atoms with Crippen LogP contribution in [0.5, 0.6) is 0 Å². The molecule has 0 unspecified atom stereocenters. The summed E-state index contributed by atoms with van der Waals surface area (Å²) < 4.78 is 2.13. The molecule has 3 rings (SSSR count). The number of benzene rings is 2. The van der Waals surface area contributed by atoms with Gasteiger partial charge in [-0.25, -0.2) is 4.98 Å². The monoisotopic (exact) mass is 455 g/mol.